The van der Waals surface area contributed by atoms with Crippen molar-refractivity contribution in [3.05, 3.63) is 12.4 Å². The van der Waals surface area contributed by atoms with Crippen molar-refractivity contribution in [1.29, 1.82) is 0 Å². The van der Waals surface area contributed by atoms with E-state index in [9.17, 15) is 9.59 Å². The van der Waals surface area contributed by atoms with Crippen LogP contribution in [0.4, 0.5) is 10.5 Å². The predicted molar refractivity (Wildman–Crippen MR) is 75.6 cm³/mol. The van der Waals surface area contributed by atoms with Crippen LogP contribution < -0.4 is 10.6 Å². The molecule has 7 nitrogen and oxygen atoms in total. The number of hydrogen-bond acceptors (Lipinski definition) is 3. The van der Waals surface area contributed by atoms with Gasteiger partial charge in [-0.3, -0.25) is 4.68 Å². The molecular weight excluding hydrogens is 260 g/mol. The van der Waals surface area contributed by atoms with Gasteiger partial charge in [-0.1, -0.05) is 20.3 Å². The molecule has 0 aromatic carbocycles. The third-order valence-corrected chi connectivity index (χ3v) is 3.15. The van der Waals surface area contributed by atoms with Gasteiger partial charge >= 0.3 is 12.0 Å². The van der Waals surface area contributed by atoms with Gasteiger partial charge in [0.05, 0.1) is 11.9 Å². The van der Waals surface area contributed by atoms with Crippen molar-refractivity contribution in [2.45, 2.75) is 46.2 Å². The molecule has 1 aromatic heterocycles. The molecule has 0 bridgehead atoms. The minimum Gasteiger partial charge on any atom is -0.480 e. The molecule has 0 fully saturated rings. The van der Waals surface area contributed by atoms with Crippen molar-refractivity contribution in [3.63, 3.8) is 0 Å². The van der Waals surface area contributed by atoms with Crippen LogP contribution in [0.25, 0.3) is 0 Å². The van der Waals surface area contributed by atoms with E-state index in [2.05, 4.69) is 15.7 Å². The number of nitrogens with zero attached hydrogens (tertiary/aromatic N) is 2. The summed E-state index contributed by atoms with van der Waals surface area (Å²) in [5, 5.41) is 18.3. The molecule has 3 N–H and O–H groups in total. The molecule has 1 rings (SSSR count). The summed E-state index contributed by atoms with van der Waals surface area (Å²) in [6.45, 7) is 7.61. The molecule has 0 spiro atoms. The first-order valence-electron chi connectivity index (χ1n) is 6.69. The zero-order valence-corrected chi connectivity index (χ0v) is 12.3. The Hall–Kier alpha value is -2.05. The van der Waals surface area contributed by atoms with E-state index >= 15 is 0 Å². The van der Waals surface area contributed by atoms with Gasteiger partial charge in [0.1, 0.15) is 6.04 Å². The third kappa shape index (κ3) is 4.25. The summed E-state index contributed by atoms with van der Waals surface area (Å²) in [6.07, 6.45) is 3.89. The van der Waals surface area contributed by atoms with Crippen LogP contribution in [-0.2, 0) is 4.79 Å². The van der Waals surface area contributed by atoms with Crippen LogP contribution in [0.15, 0.2) is 12.4 Å². The third-order valence-electron chi connectivity index (χ3n) is 3.15. The average Bonchev–Trinajstić information content (AvgIpc) is 2.83. The Bertz CT molecular complexity index is 470. The highest BCUT2D eigenvalue weighted by Gasteiger charge is 2.25. The Balaban J connectivity index is 2.63. The topological polar surface area (TPSA) is 96.3 Å². The maximum atomic E-state index is 11.8. The quantitative estimate of drug-likeness (QED) is 0.744. The molecule has 1 heterocycles. The highest BCUT2D eigenvalue weighted by Crippen LogP contribution is 2.11. The van der Waals surface area contributed by atoms with E-state index in [-0.39, 0.29) is 12.0 Å². The zero-order chi connectivity index (χ0) is 15.3. The van der Waals surface area contributed by atoms with Crippen LogP contribution in [0.2, 0.25) is 0 Å². The summed E-state index contributed by atoms with van der Waals surface area (Å²) in [6, 6.07) is -1.25. The Morgan fingerprint density at radius 2 is 2.05 bits per heavy atom. The molecule has 2 amide bonds. The van der Waals surface area contributed by atoms with Crippen LogP contribution >= 0.6 is 0 Å². The molecule has 0 radical (unpaired) electrons. The number of aliphatic carboxylic acids is 1. The number of aromatic nitrogens is 2. The summed E-state index contributed by atoms with van der Waals surface area (Å²) in [4.78, 5) is 22.9. The average molecular weight is 282 g/mol. The number of rotatable bonds is 6. The van der Waals surface area contributed by atoms with Crippen molar-refractivity contribution >= 4 is 17.7 Å². The Morgan fingerprint density at radius 1 is 1.40 bits per heavy atom. The van der Waals surface area contributed by atoms with E-state index in [0.717, 1.165) is 0 Å². The number of urea groups is 1. The van der Waals surface area contributed by atoms with Gasteiger partial charge in [-0.15, -0.1) is 0 Å². The lowest BCUT2D eigenvalue weighted by atomic mass is 9.99. The molecule has 0 saturated carbocycles. The predicted octanol–water partition coefficient (Wildman–Crippen LogP) is 2.08. The second-order valence-corrected chi connectivity index (χ2v) is 5.10. The second kappa shape index (κ2) is 6.93. The number of carboxylic acids is 1. The molecule has 7 heteroatoms. The SMILES string of the molecule is CCC(C)C(NC(=O)Nc1cnn(C(C)C)c1)C(=O)O. The monoisotopic (exact) mass is 282 g/mol. The summed E-state index contributed by atoms with van der Waals surface area (Å²) >= 11 is 0. The highest BCUT2D eigenvalue weighted by molar-refractivity contribution is 5.92. The minimum atomic E-state index is -1.03. The summed E-state index contributed by atoms with van der Waals surface area (Å²) in [5.41, 5.74) is 0.532. The van der Waals surface area contributed by atoms with Crippen molar-refractivity contribution in [3.8, 4) is 0 Å². The Labute approximate surface area is 118 Å². The van der Waals surface area contributed by atoms with Crippen molar-refractivity contribution < 1.29 is 14.7 Å². The number of carbonyl (C=O) groups excluding carboxylic acids is 1. The van der Waals surface area contributed by atoms with E-state index < -0.39 is 18.0 Å². The van der Waals surface area contributed by atoms with Crippen molar-refractivity contribution in [1.82, 2.24) is 15.1 Å². The molecule has 0 aliphatic carbocycles. The highest BCUT2D eigenvalue weighted by atomic mass is 16.4. The number of anilines is 1. The summed E-state index contributed by atoms with van der Waals surface area (Å²) < 4.78 is 1.71. The van der Waals surface area contributed by atoms with Gasteiger partial charge in [-0.25, -0.2) is 9.59 Å². The molecule has 2 unspecified atom stereocenters. The fourth-order valence-corrected chi connectivity index (χ4v) is 1.68. The minimum absolute atomic E-state index is 0.142. The van der Waals surface area contributed by atoms with Gasteiger partial charge in [-0.05, 0) is 19.8 Å². The first-order chi connectivity index (χ1) is 9.35. The second-order valence-electron chi connectivity index (χ2n) is 5.10. The lowest BCUT2D eigenvalue weighted by Crippen LogP contribution is -2.46. The van der Waals surface area contributed by atoms with Crippen LogP contribution in [-0.4, -0.2) is 32.9 Å². The van der Waals surface area contributed by atoms with Gasteiger partial charge in [-0.2, -0.15) is 5.10 Å². The van der Waals surface area contributed by atoms with Gasteiger partial charge < -0.3 is 15.7 Å². The Kier molecular flexibility index (Phi) is 5.54. The van der Waals surface area contributed by atoms with E-state index in [0.29, 0.717) is 12.1 Å². The van der Waals surface area contributed by atoms with Crippen molar-refractivity contribution in [2.24, 2.45) is 5.92 Å². The van der Waals surface area contributed by atoms with E-state index in [1.54, 1.807) is 17.8 Å². The number of carbonyl (C=O) groups is 2. The molecule has 112 valence electrons. The van der Waals surface area contributed by atoms with Gasteiger partial charge in [0.2, 0.25) is 0 Å². The number of hydrogen-bond donors (Lipinski definition) is 3. The van der Waals surface area contributed by atoms with Crippen LogP contribution in [0.5, 0.6) is 0 Å². The normalized spacial score (nSPS) is 13.8. The number of carboxylic acid groups (broad SMARTS) is 1. The number of amides is 2. The summed E-state index contributed by atoms with van der Waals surface area (Å²) in [5.74, 6) is -1.18. The first-order valence-corrected chi connectivity index (χ1v) is 6.69. The molecule has 2 atom stereocenters. The lowest BCUT2D eigenvalue weighted by Gasteiger charge is -2.20. The molecular formula is C13H22N4O3. The smallest absolute Gasteiger partial charge is 0.326 e. The van der Waals surface area contributed by atoms with E-state index in [4.69, 9.17) is 5.11 Å². The van der Waals surface area contributed by atoms with Crippen LogP contribution in [0, 0.1) is 5.92 Å². The summed E-state index contributed by atoms with van der Waals surface area (Å²) in [7, 11) is 0. The van der Waals surface area contributed by atoms with Crippen LogP contribution in [0.1, 0.15) is 40.2 Å². The molecule has 0 saturated heterocycles. The zero-order valence-electron chi connectivity index (χ0n) is 12.3. The molecule has 0 aliphatic heterocycles. The number of nitrogens with one attached hydrogen (secondary N) is 2. The molecule has 0 aliphatic rings. The van der Waals surface area contributed by atoms with Gasteiger partial charge in [0.15, 0.2) is 0 Å². The van der Waals surface area contributed by atoms with E-state index in [1.165, 1.54) is 6.20 Å². The fraction of sp³-hybridized carbons (Fsp3) is 0.615. The van der Waals surface area contributed by atoms with Gasteiger partial charge in [0, 0.05) is 12.2 Å². The molecule has 20 heavy (non-hydrogen) atoms. The van der Waals surface area contributed by atoms with Crippen LogP contribution in [0.3, 0.4) is 0 Å². The maximum Gasteiger partial charge on any atom is 0.326 e. The van der Waals surface area contributed by atoms with Gasteiger partial charge in [0.25, 0.3) is 0 Å². The fourth-order valence-electron chi connectivity index (χ4n) is 1.68. The maximum absolute atomic E-state index is 11.8. The Morgan fingerprint density at radius 3 is 2.50 bits per heavy atom. The standard InChI is InChI=1S/C13H22N4O3/c1-5-9(4)11(12(18)19)16-13(20)15-10-6-14-17(7-10)8(2)3/h6-9,11H,5H2,1-4H3,(H,18,19)(H2,15,16,20). The lowest BCUT2D eigenvalue weighted by molar-refractivity contribution is -0.140. The first kappa shape index (κ1) is 16.0. The molecule has 1 aromatic rings. The van der Waals surface area contributed by atoms with E-state index in [1.807, 2.05) is 20.8 Å². The van der Waals surface area contributed by atoms with Crippen molar-refractivity contribution in [2.75, 3.05) is 5.32 Å². The largest absolute Gasteiger partial charge is 0.480 e.